The monoisotopic (exact) mass is 434 g/mol. The molecule has 0 atom stereocenters. The lowest BCUT2D eigenvalue weighted by molar-refractivity contribution is 0.0512. The largest absolute Gasteiger partial charge is 0.465 e. The Morgan fingerprint density at radius 2 is 1.59 bits per heavy atom. The average molecular weight is 434 g/mol. The van der Waals surface area contributed by atoms with Crippen LogP contribution in [0.2, 0.25) is 0 Å². The molecule has 1 N–H and O–H groups in total. The second kappa shape index (κ2) is 9.96. The van der Waals surface area contributed by atoms with Crippen molar-refractivity contribution in [1.82, 2.24) is 4.57 Å². The van der Waals surface area contributed by atoms with Gasteiger partial charge < -0.3 is 19.4 Å². The van der Waals surface area contributed by atoms with Crippen molar-refractivity contribution in [2.24, 2.45) is 0 Å². The SMILES string of the molecule is CCOC(=O)c1c(C)c(C(=O)Nc2ccc(C(=O)OC)cc2)c(C)n1Cc1ccccc1. The first-order valence-electron chi connectivity index (χ1n) is 10.3. The third-order valence-corrected chi connectivity index (χ3v) is 5.21. The third kappa shape index (κ3) is 4.72. The molecule has 0 aliphatic carbocycles. The molecule has 7 nitrogen and oxygen atoms in total. The van der Waals surface area contributed by atoms with Crippen molar-refractivity contribution in [2.45, 2.75) is 27.3 Å². The summed E-state index contributed by atoms with van der Waals surface area (Å²) in [7, 11) is 1.31. The van der Waals surface area contributed by atoms with Crippen LogP contribution in [-0.2, 0) is 16.0 Å². The number of ether oxygens (including phenoxy) is 2. The maximum Gasteiger partial charge on any atom is 0.355 e. The Kier molecular flexibility index (Phi) is 7.10. The molecule has 0 saturated heterocycles. The number of carbonyl (C=O) groups is 3. The van der Waals surface area contributed by atoms with Crippen LogP contribution < -0.4 is 5.32 Å². The van der Waals surface area contributed by atoms with Crippen LogP contribution in [0.5, 0.6) is 0 Å². The molecule has 2 aromatic carbocycles. The zero-order valence-electron chi connectivity index (χ0n) is 18.6. The van der Waals surface area contributed by atoms with Gasteiger partial charge in [-0.2, -0.15) is 0 Å². The summed E-state index contributed by atoms with van der Waals surface area (Å²) in [4.78, 5) is 37.5. The van der Waals surface area contributed by atoms with Crippen LogP contribution in [-0.4, -0.2) is 36.1 Å². The van der Waals surface area contributed by atoms with Gasteiger partial charge in [-0.25, -0.2) is 9.59 Å². The Bertz CT molecular complexity index is 1130. The molecule has 0 radical (unpaired) electrons. The number of hydrogen-bond donors (Lipinski definition) is 1. The number of esters is 2. The molecule has 1 heterocycles. The van der Waals surface area contributed by atoms with Gasteiger partial charge in [-0.3, -0.25) is 4.79 Å². The molecule has 166 valence electrons. The number of anilines is 1. The van der Waals surface area contributed by atoms with Crippen LogP contribution in [0.15, 0.2) is 54.6 Å². The molecule has 0 aliphatic heterocycles. The Labute approximate surface area is 187 Å². The van der Waals surface area contributed by atoms with Crippen molar-refractivity contribution in [2.75, 3.05) is 19.0 Å². The van der Waals surface area contributed by atoms with Gasteiger partial charge >= 0.3 is 11.9 Å². The molecule has 3 rings (SSSR count). The summed E-state index contributed by atoms with van der Waals surface area (Å²) in [5, 5.41) is 2.84. The molecule has 0 aliphatic rings. The highest BCUT2D eigenvalue weighted by Crippen LogP contribution is 2.26. The molecule has 1 amide bonds. The maximum atomic E-state index is 13.2. The summed E-state index contributed by atoms with van der Waals surface area (Å²) >= 11 is 0. The molecule has 0 saturated carbocycles. The van der Waals surface area contributed by atoms with E-state index in [0.717, 1.165) is 5.56 Å². The van der Waals surface area contributed by atoms with Crippen LogP contribution in [0.3, 0.4) is 0 Å². The number of nitrogens with zero attached hydrogens (tertiary/aromatic N) is 1. The van der Waals surface area contributed by atoms with Gasteiger partial charge in [0.25, 0.3) is 5.91 Å². The van der Waals surface area contributed by atoms with Crippen molar-refractivity contribution in [3.63, 3.8) is 0 Å². The molecule has 0 fully saturated rings. The topological polar surface area (TPSA) is 86.6 Å². The fraction of sp³-hybridized carbons (Fsp3) is 0.240. The average Bonchev–Trinajstić information content (AvgIpc) is 3.04. The van der Waals surface area contributed by atoms with Crippen LogP contribution in [0, 0.1) is 13.8 Å². The van der Waals surface area contributed by atoms with Gasteiger partial charge in [0.1, 0.15) is 5.69 Å². The number of hydrogen-bond acceptors (Lipinski definition) is 5. The van der Waals surface area contributed by atoms with Crippen molar-refractivity contribution >= 4 is 23.5 Å². The van der Waals surface area contributed by atoms with E-state index < -0.39 is 11.9 Å². The number of rotatable bonds is 7. The van der Waals surface area contributed by atoms with Crippen LogP contribution >= 0.6 is 0 Å². The van der Waals surface area contributed by atoms with E-state index in [1.165, 1.54) is 7.11 Å². The van der Waals surface area contributed by atoms with E-state index in [2.05, 4.69) is 5.32 Å². The van der Waals surface area contributed by atoms with Gasteiger partial charge in [-0.1, -0.05) is 30.3 Å². The van der Waals surface area contributed by atoms with Crippen LogP contribution in [0.25, 0.3) is 0 Å². The second-order valence-electron chi connectivity index (χ2n) is 7.25. The molecular weight excluding hydrogens is 408 g/mol. The number of benzene rings is 2. The normalized spacial score (nSPS) is 10.5. The van der Waals surface area contributed by atoms with Gasteiger partial charge in [0.05, 0.1) is 24.8 Å². The highest BCUT2D eigenvalue weighted by molar-refractivity contribution is 6.08. The molecule has 1 aromatic heterocycles. The molecule has 7 heteroatoms. The summed E-state index contributed by atoms with van der Waals surface area (Å²) in [6, 6.07) is 16.1. The maximum absolute atomic E-state index is 13.2. The quantitative estimate of drug-likeness (QED) is 0.558. The summed E-state index contributed by atoms with van der Waals surface area (Å²) in [6.45, 7) is 5.98. The second-order valence-corrected chi connectivity index (χ2v) is 7.25. The van der Waals surface area contributed by atoms with E-state index in [9.17, 15) is 14.4 Å². The lowest BCUT2D eigenvalue weighted by Crippen LogP contribution is -2.15. The van der Waals surface area contributed by atoms with Crippen molar-refractivity contribution in [3.8, 4) is 0 Å². The van der Waals surface area contributed by atoms with E-state index in [0.29, 0.717) is 40.3 Å². The van der Waals surface area contributed by atoms with Gasteiger partial charge in [0.2, 0.25) is 0 Å². The molecule has 3 aromatic rings. The molecule has 0 spiro atoms. The molecular formula is C25H26N2O5. The molecule has 32 heavy (non-hydrogen) atoms. The minimum atomic E-state index is -0.467. The summed E-state index contributed by atoms with van der Waals surface area (Å²) < 4.78 is 11.8. The minimum absolute atomic E-state index is 0.238. The van der Waals surface area contributed by atoms with Crippen molar-refractivity contribution in [1.29, 1.82) is 0 Å². The van der Waals surface area contributed by atoms with Gasteiger partial charge in [0, 0.05) is 17.9 Å². The summed E-state index contributed by atoms with van der Waals surface area (Å²) in [5.74, 6) is -1.26. The van der Waals surface area contributed by atoms with Crippen molar-refractivity contribution in [3.05, 3.63) is 88.2 Å². The van der Waals surface area contributed by atoms with E-state index in [1.54, 1.807) is 38.1 Å². The smallest absolute Gasteiger partial charge is 0.355 e. The van der Waals surface area contributed by atoms with E-state index in [4.69, 9.17) is 9.47 Å². The van der Waals surface area contributed by atoms with E-state index in [-0.39, 0.29) is 12.5 Å². The molecule has 0 bridgehead atoms. The predicted octanol–water partition coefficient (Wildman–Crippen LogP) is 4.37. The standard InChI is InChI=1S/C25H26N2O5/c1-5-32-25(30)22-16(2)21(17(3)27(22)15-18-9-7-6-8-10-18)23(28)26-20-13-11-19(12-14-20)24(29)31-4/h6-14H,5,15H2,1-4H3,(H,26,28). The van der Waals surface area contributed by atoms with Gasteiger partial charge in [0.15, 0.2) is 0 Å². The van der Waals surface area contributed by atoms with Crippen molar-refractivity contribution < 1.29 is 23.9 Å². The highest BCUT2D eigenvalue weighted by atomic mass is 16.5. The number of nitrogens with one attached hydrogen (secondary N) is 1. The zero-order chi connectivity index (χ0) is 23.3. The Hall–Kier alpha value is -3.87. The fourth-order valence-corrected chi connectivity index (χ4v) is 3.66. The first-order chi connectivity index (χ1) is 15.4. The number of carbonyl (C=O) groups excluding carboxylic acids is 3. The lowest BCUT2D eigenvalue weighted by Gasteiger charge is -2.12. The number of aromatic nitrogens is 1. The molecule has 0 unspecified atom stereocenters. The predicted molar refractivity (Wildman–Crippen MR) is 121 cm³/mol. The zero-order valence-corrected chi connectivity index (χ0v) is 18.6. The Balaban J connectivity index is 1.96. The summed E-state index contributed by atoms with van der Waals surface area (Å²) in [5.41, 5.74) is 3.91. The fourth-order valence-electron chi connectivity index (χ4n) is 3.66. The van der Waals surface area contributed by atoms with E-state index in [1.807, 2.05) is 41.8 Å². The minimum Gasteiger partial charge on any atom is -0.465 e. The first kappa shape index (κ1) is 22.8. The Morgan fingerprint density at radius 3 is 2.19 bits per heavy atom. The van der Waals surface area contributed by atoms with Gasteiger partial charge in [-0.15, -0.1) is 0 Å². The first-order valence-corrected chi connectivity index (χ1v) is 10.3. The van der Waals surface area contributed by atoms with Gasteiger partial charge in [-0.05, 0) is 56.2 Å². The Morgan fingerprint density at radius 1 is 0.938 bits per heavy atom. The highest BCUT2D eigenvalue weighted by Gasteiger charge is 2.27. The van der Waals surface area contributed by atoms with Crippen LogP contribution in [0.4, 0.5) is 5.69 Å². The lowest BCUT2D eigenvalue weighted by atomic mass is 10.1. The third-order valence-electron chi connectivity index (χ3n) is 5.21. The summed E-state index contributed by atoms with van der Waals surface area (Å²) in [6.07, 6.45) is 0. The number of methoxy groups -OCH3 is 1. The number of amides is 1. The van der Waals surface area contributed by atoms with Crippen LogP contribution in [0.1, 0.15) is 54.9 Å². The van der Waals surface area contributed by atoms with E-state index >= 15 is 0 Å².